The number of aromatic nitrogens is 5. The van der Waals surface area contributed by atoms with E-state index in [2.05, 4.69) is 41.9 Å². The van der Waals surface area contributed by atoms with Crippen LogP contribution in [0.2, 0.25) is 0 Å². The van der Waals surface area contributed by atoms with Crippen LogP contribution in [-0.4, -0.2) is 51.0 Å². The van der Waals surface area contributed by atoms with Crippen LogP contribution in [0.5, 0.6) is 0 Å². The van der Waals surface area contributed by atoms with Crippen molar-refractivity contribution < 1.29 is 0 Å². The van der Waals surface area contributed by atoms with E-state index in [-0.39, 0.29) is 0 Å². The summed E-state index contributed by atoms with van der Waals surface area (Å²) in [5.41, 5.74) is 2.93. The fourth-order valence-electron chi connectivity index (χ4n) is 3.28. The molecule has 0 amide bonds. The Kier molecular flexibility index (Phi) is 4.59. The Balaban J connectivity index is 1.34. The Bertz CT molecular complexity index is 1070. The molecule has 2 N–H and O–H groups in total. The third-order valence-electron chi connectivity index (χ3n) is 4.77. The van der Waals surface area contributed by atoms with Crippen LogP contribution in [0.25, 0.3) is 17.0 Å². The van der Waals surface area contributed by atoms with Crippen LogP contribution < -0.4 is 15.5 Å². The maximum Gasteiger partial charge on any atom is 0.186 e. The van der Waals surface area contributed by atoms with Gasteiger partial charge in [-0.25, -0.2) is 4.98 Å². The van der Waals surface area contributed by atoms with Gasteiger partial charge in [0.2, 0.25) is 0 Å². The zero-order chi connectivity index (χ0) is 18.8. The third kappa shape index (κ3) is 3.41. The van der Waals surface area contributed by atoms with E-state index in [9.17, 15) is 0 Å². The topological polar surface area (TPSA) is 83.3 Å². The molecule has 28 heavy (non-hydrogen) atoms. The van der Waals surface area contributed by atoms with Crippen molar-refractivity contribution in [2.24, 2.45) is 0 Å². The molecule has 0 unspecified atom stereocenters. The molecule has 0 radical (unpaired) electrons. The lowest BCUT2D eigenvalue weighted by molar-refractivity contribution is 0.585. The van der Waals surface area contributed by atoms with E-state index < -0.39 is 0 Å². The van der Waals surface area contributed by atoms with Crippen LogP contribution >= 0.6 is 11.3 Å². The van der Waals surface area contributed by atoms with Crippen molar-refractivity contribution in [3.8, 4) is 11.4 Å². The first kappa shape index (κ1) is 17.1. The average molecular weight is 392 g/mol. The van der Waals surface area contributed by atoms with Crippen LogP contribution in [0.3, 0.4) is 0 Å². The molecule has 0 saturated carbocycles. The number of fused-ring (bicyclic) bond motifs is 1. The number of hydrogen-bond donors (Lipinski definition) is 2. The van der Waals surface area contributed by atoms with Gasteiger partial charge in [0.15, 0.2) is 11.5 Å². The number of hydrogen-bond acceptors (Lipinski definition) is 8. The molecule has 142 valence electrons. The minimum Gasteiger partial charge on any atom is -0.365 e. The van der Waals surface area contributed by atoms with E-state index in [1.54, 1.807) is 15.9 Å². The number of anilines is 2. The van der Waals surface area contributed by atoms with Crippen molar-refractivity contribution in [1.29, 1.82) is 0 Å². The summed E-state index contributed by atoms with van der Waals surface area (Å²) in [6.07, 6.45) is 1.87. The van der Waals surface area contributed by atoms with Crippen molar-refractivity contribution in [1.82, 2.24) is 30.1 Å². The Morgan fingerprint density at radius 2 is 2.04 bits per heavy atom. The van der Waals surface area contributed by atoms with Gasteiger partial charge in [-0.3, -0.25) is 0 Å². The van der Waals surface area contributed by atoms with Crippen molar-refractivity contribution in [3.05, 3.63) is 52.9 Å². The zero-order valence-electron chi connectivity index (χ0n) is 15.2. The van der Waals surface area contributed by atoms with Gasteiger partial charge in [-0.1, -0.05) is 0 Å². The summed E-state index contributed by atoms with van der Waals surface area (Å²) in [6, 6.07) is 10.1. The van der Waals surface area contributed by atoms with Crippen molar-refractivity contribution in [2.45, 2.75) is 6.54 Å². The Labute approximate surface area is 166 Å². The largest absolute Gasteiger partial charge is 0.365 e. The highest BCUT2D eigenvalue weighted by molar-refractivity contribution is 7.08. The highest BCUT2D eigenvalue weighted by Gasteiger charge is 2.12. The van der Waals surface area contributed by atoms with Gasteiger partial charge in [0.1, 0.15) is 11.6 Å². The maximum atomic E-state index is 4.67. The molecule has 0 aromatic carbocycles. The lowest BCUT2D eigenvalue weighted by Gasteiger charge is -2.28. The predicted octanol–water partition coefficient (Wildman–Crippen LogP) is 2.27. The van der Waals surface area contributed by atoms with Gasteiger partial charge in [-0.15, -0.1) is 15.3 Å². The predicted molar refractivity (Wildman–Crippen MR) is 111 cm³/mol. The van der Waals surface area contributed by atoms with E-state index >= 15 is 0 Å². The summed E-state index contributed by atoms with van der Waals surface area (Å²) in [7, 11) is 0. The first-order chi connectivity index (χ1) is 13.9. The van der Waals surface area contributed by atoms with E-state index in [0.717, 1.165) is 54.8 Å². The van der Waals surface area contributed by atoms with Gasteiger partial charge >= 0.3 is 0 Å². The highest BCUT2D eigenvalue weighted by Crippen LogP contribution is 2.21. The van der Waals surface area contributed by atoms with Gasteiger partial charge in [-0.2, -0.15) is 15.9 Å². The molecule has 1 aliphatic rings. The van der Waals surface area contributed by atoms with Crippen molar-refractivity contribution in [3.63, 3.8) is 0 Å². The van der Waals surface area contributed by atoms with Crippen molar-refractivity contribution in [2.75, 3.05) is 36.4 Å². The maximum absolute atomic E-state index is 4.67. The lowest BCUT2D eigenvalue weighted by atomic mass is 10.2. The number of nitrogens with zero attached hydrogens (tertiary/aromatic N) is 6. The molecule has 1 fully saturated rings. The molecule has 8 nitrogen and oxygen atoms in total. The molecular weight excluding hydrogens is 372 g/mol. The minimum absolute atomic E-state index is 0.677. The second kappa shape index (κ2) is 7.53. The lowest BCUT2D eigenvalue weighted by Crippen LogP contribution is -2.43. The molecule has 9 heteroatoms. The molecule has 5 rings (SSSR count). The van der Waals surface area contributed by atoms with Crippen LogP contribution in [0.15, 0.2) is 47.3 Å². The van der Waals surface area contributed by atoms with Crippen LogP contribution in [0.1, 0.15) is 5.56 Å². The number of rotatable bonds is 5. The standard InChI is InChI=1S/C19H20N8S/c1-2-17-23-24-19(15-4-10-28-13-15)27(17)25-16(1)22-12-14-3-5-21-18(11-14)26-8-6-20-7-9-26/h1-5,10-11,13,20H,6-9,12H2,(H,22,25). The van der Waals surface area contributed by atoms with Crippen LogP contribution in [0, 0.1) is 0 Å². The summed E-state index contributed by atoms with van der Waals surface area (Å²) >= 11 is 1.63. The molecule has 1 saturated heterocycles. The van der Waals surface area contributed by atoms with E-state index in [1.165, 1.54) is 5.56 Å². The second-order valence-corrected chi connectivity index (χ2v) is 7.42. The monoisotopic (exact) mass is 392 g/mol. The third-order valence-corrected chi connectivity index (χ3v) is 5.45. The molecular formula is C19H20N8S. The summed E-state index contributed by atoms with van der Waals surface area (Å²) < 4.78 is 1.78. The summed E-state index contributed by atoms with van der Waals surface area (Å²) in [6.45, 7) is 4.65. The Morgan fingerprint density at radius 3 is 2.89 bits per heavy atom. The van der Waals surface area contributed by atoms with Gasteiger partial charge in [0, 0.05) is 49.9 Å². The van der Waals surface area contributed by atoms with Gasteiger partial charge in [0.25, 0.3) is 0 Å². The minimum atomic E-state index is 0.677. The van der Waals surface area contributed by atoms with Crippen LogP contribution in [-0.2, 0) is 6.54 Å². The number of pyridine rings is 1. The van der Waals surface area contributed by atoms with Gasteiger partial charge in [-0.05, 0) is 41.3 Å². The Hall–Kier alpha value is -3.04. The normalized spacial score (nSPS) is 14.5. The van der Waals surface area contributed by atoms with Crippen LogP contribution in [0.4, 0.5) is 11.6 Å². The SMILES string of the molecule is c1cc(CNc2ccc3nnc(-c4ccsc4)n3n2)cc(N2CCNCC2)n1. The van der Waals surface area contributed by atoms with E-state index in [0.29, 0.717) is 6.54 Å². The van der Waals surface area contributed by atoms with Crippen molar-refractivity contribution >= 4 is 28.6 Å². The molecule has 4 aromatic rings. The van der Waals surface area contributed by atoms with E-state index in [4.69, 9.17) is 0 Å². The quantitative estimate of drug-likeness (QED) is 0.539. The number of thiophene rings is 1. The van der Waals surface area contributed by atoms with Gasteiger partial charge < -0.3 is 15.5 Å². The summed E-state index contributed by atoms with van der Waals surface area (Å²) in [4.78, 5) is 6.84. The fraction of sp³-hybridized carbons (Fsp3) is 0.263. The first-order valence-electron chi connectivity index (χ1n) is 9.26. The van der Waals surface area contributed by atoms with Gasteiger partial charge in [0.05, 0.1) is 0 Å². The average Bonchev–Trinajstić information content (AvgIpc) is 3.42. The summed E-state index contributed by atoms with van der Waals surface area (Å²) in [5, 5.41) is 24.0. The molecule has 4 aromatic heterocycles. The molecule has 0 bridgehead atoms. The highest BCUT2D eigenvalue weighted by atomic mass is 32.1. The second-order valence-electron chi connectivity index (χ2n) is 6.64. The summed E-state index contributed by atoms with van der Waals surface area (Å²) in [5.74, 6) is 2.57. The molecule has 0 aliphatic carbocycles. The zero-order valence-corrected chi connectivity index (χ0v) is 16.1. The number of piperazine rings is 1. The molecule has 0 spiro atoms. The Morgan fingerprint density at radius 1 is 1.11 bits per heavy atom. The molecule has 1 aliphatic heterocycles. The number of nitrogens with one attached hydrogen (secondary N) is 2. The smallest absolute Gasteiger partial charge is 0.186 e. The first-order valence-corrected chi connectivity index (χ1v) is 10.2. The molecule has 0 atom stereocenters. The van der Waals surface area contributed by atoms with E-state index in [1.807, 2.05) is 41.2 Å². The fourth-order valence-corrected chi connectivity index (χ4v) is 3.92. The molecule has 5 heterocycles.